The number of sulfonamides is 1. The first kappa shape index (κ1) is 18.0. The standard InChI is InChI=1S/C16H20N2O5S/c1-4-9-17-16(20)13-6-8-15(19)18(13)24(21,22)12-5-7-14(23-3)11(2)10-12/h4-5,7,10,13H,1,6,8-9H2,2-3H3,(H,17,20)/t13-/m0/s1. The van der Waals surface area contributed by atoms with Gasteiger partial charge in [0.15, 0.2) is 0 Å². The Morgan fingerprint density at radius 2 is 2.21 bits per heavy atom. The molecule has 1 N–H and O–H groups in total. The largest absolute Gasteiger partial charge is 0.496 e. The number of benzene rings is 1. The van der Waals surface area contributed by atoms with Crippen LogP contribution >= 0.6 is 0 Å². The number of carbonyl (C=O) groups is 2. The maximum Gasteiger partial charge on any atom is 0.267 e. The Kier molecular flexibility index (Phi) is 5.28. The van der Waals surface area contributed by atoms with Crippen LogP contribution in [-0.4, -0.2) is 44.2 Å². The molecular weight excluding hydrogens is 332 g/mol. The second kappa shape index (κ2) is 7.04. The lowest BCUT2D eigenvalue weighted by Crippen LogP contribution is -2.47. The van der Waals surface area contributed by atoms with Crippen molar-refractivity contribution in [3.05, 3.63) is 36.4 Å². The van der Waals surface area contributed by atoms with Crippen LogP contribution in [0.2, 0.25) is 0 Å². The van der Waals surface area contributed by atoms with Crippen LogP contribution in [0.15, 0.2) is 35.7 Å². The zero-order chi connectivity index (χ0) is 17.9. The maximum absolute atomic E-state index is 12.8. The highest BCUT2D eigenvalue weighted by Crippen LogP contribution is 2.29. The number of aryl methyl sites for hydroxylation is 1. The van der Waals surface area contributed by atoms with Gasteiger partial charge < -0.3 is 10.1 Å². The lowest BCUT2D eigenvalue weighted by molar-refractivity contribution is -0.130. The van der Waals surface area contributed by atoms with Gasteiger partial charge in [0.05, 0.1) is 12.0 Å². The smallest absolute Gasteiger partial charge is 0.267 e. The summed E-state index contributed by atoms with van der Waals surface area (Å²) in [6.45, 7) is 5.40. The van der Waals surface area contributed by atoms with Gasteiger partial charge >= 0.3 is 0 Å². The van der Waals surface area contributed by atoms with E-state index >= 15 is 0 Å². The van der Waals surface area contributed by atoms with Gasteiger partial charge in [0.1, 0.15) is 11.8 Å². The van der Waals surface area contributed by atoms with Crippen LogP contribution in [0.25, 0.3) is 0 Å². The molecule has 1 saturated heterocycles. The number of ether oxygens (including phenoxy) is 1. The van der Waals surface area contributed by atoms with E-state index in [0.717, 1.165) is 0 Å². The van der Waals surface area contributed by atoms with Gasteiger partial charge in [-0.25, -0.2) is 12.7 Å². The Morgan fingerprint density at radius 1 is 1.50 bits per heavy atom. The molecule has 0 unspecified atom stereocenters. The minimum atomic E-state index is -4.11. The van der Waals surface area contributed by atoms with Gasteiger partial charge in [-0.3, -0.25) is 9.59 Å². The number of amides is 2. The minimum Gasteiger partial charge on any atom is -0.496 e. The average molecular weight is 352 g/mol. The number of carbonyl (C=O) groups excluding carboxylic acids is 2. The Hall–Kier alpha value is -2.35. The van der Waals surface area contributed by atoms with E-state index in [0.29, 0.717) is 15.6 Å². The lowest BCUT2D eigenvalue weighted by Gasteiger charge is -2.23. The second-order valence-electron chi connectivity index (χ2n) is 5.41. The van der Waals surface area contributed by atoms with Crippen molar-refractivity contribution >= 4 is 21.8 Å². The summed E-state index contributed by atoms with van der Waals surface area (Å²) in [7, 11) is -2.63. The van der Waals surface area contributed by atoms with Gasteiger partial charge in [0.2, 0.25) is 11.8 Å². The summed E-state index contributed by atoms with van der Waals surface area (Å²) < 4.78 is 31.5. The first-order valence-corrected chi connectivity index (χ1v) is 8.87. The molecule has 2 amide bonds. The molecule has 1 aliphatic rings. The highest BCUT2D eigenvalue weighted by Gasteiger charge is 2.44. The van der Waals surface area contributed by atoms with Crippen molar-refractivity contribution in [3.8, 4) is 5.75 Å². The molecule has 1 fully saturated rings. The van der Waals surface area contributed by atoms with Gasteiger partial charge in [-0.15, -0.1) is 6.58 Å². The fraction of sp³-hybridized carbons (Fsp3) is 0.375. The molecule has 1 aliphatic heterocycles. The first-order chi connectivity index (χ1) is 11.3. The molecule has 0 spiro atoms. The van der Waals surface area contributed by atoms with Crippen LogP contribution < -0.4 is 10.1 Å². The molecule has 1 aromatic carbocycles. The molecule has 0 aromatic heterocycles. The predicted molar refractivity (Wildman–Crippen MR) is 88.0 cm³/mol. The van der Waals surface area contributed by atoms with E-state index in [-0.39, 0.29) is 24.3 Å². The molecule has 8 heteroatoms. The number of methoxy groups -OCH3 is 1. The van der Waals surface area contributed by atoms with E-state index in [1.165, 1.54) is 31.4 Å². The van der Waals surface area contributed by atoms with Crippen molar-refractivity contribution in [2.24, 2.45) is 0 Å². The van der Waals surface area contributed by atoms with E-state index in [1.807, 2.05) is 0 Å². The molecule has 1 atom stereocenters. The first-order valence-electron chi connectivity index (χ1n) is 7.43. The van der Waals surface area contributed by atoms with E-state index in [1.54, 1.807) is 6.92 Å². The van der Waals surface area contributed by atoms with Crippen LogP contribution in [-0.2, 0) is 19.6 Å². The molecule has 7 nitrogen and oxygen atoms in total. The molecule has 0 radical (unpaired) electrons. The molecule has 1 heterocycles. The fourth-order valence-corrected chi connectivity index (χ4v) is 4.30. The van der Waals surface area contributed by atoms with E-state index < -0.39 is 27.9 Å². The number of hydrogen-bond donors (Lipinski definition) is 1. The summed E-state index contributed by atoms with van der Waals surface area (Å²) in [4.78, 5) is 24.2. The molecule has 0 aliphatic carbocycles. The quantitative estimate of drug-likeness (QED) is 0.771. The van der Waals surface area contributed by atoms with Crippen LogP contribution in [0, 0.1) is 6.92 Å². The molecule has 0 bridgehead atoms. The summed E-state index contributed by atoms with van der Waals surface area (Å²) in [5, 5.41) is 2.54. The number of rotatable bonds is 6. The van der Waals surface area contributed by atoms with Crippen LogP contribution in [0.1, 0.15) is 18.4 Å². The Morgan fingerprint density at radius 3 is 2.79 bits per heavy atom. The van der Waals surface area contributed by atoms with Gasteiger partial charge in [-0.1, -0.05) is 6.08 Å². The van der Waals surface area contributed by atoms with Crippen molar-refractivity contribution in [3.63, 3.8) is 0 Å². The monoisotopic (exact) mass is 352 g/mol. The maximum atomic E-state index is 12.8. The summed E-state index contributed by atoms with van der Waals surface area (Å²) in [5.41, 5.74) is 0.623. The zero-order valence-corrected chi connectivity index (χ0v) is 14.4. The van der Waals surface area contributed by atoms with Gasteiger partial charge in [-0.2, -0.15) is 0 Å². The van der Waals surface area contributed by atoms with Crippen molar-refractivity contribution < 1.29 is 22.7 Å². The molecule has 1 aromatic rings. The zero-order valence-electron chi connectivity index (χ0n) is 13.6. The van der Waals surface area contributed by atoms with Crippen LogP contribution in [0.3, 0.4) is 0 Å². The Bertz CT molecular complexity index is 773. The molecule has 130 valence electrons. The van der Waals surface area contributed by atoms with Crippen LogP contribution in [0.5, 0.6) is 5.75 Å². The SMILES string of the molecule is C=CCNC(=O)[C@@H]1CCC(=O)N1S(=O)(=O)c1ccc(OC)c(C)c1. The third kappa shape index (κ3) is 3.28. The summed E-state index contributed by atoms with van der Waals surface area (Å²) in [6, 6.07) is 3.28. The molecular formula is C16H20N2O5S. The minimum absolute atomic E-state index is 0.0144. The molecule has 0 saturated carbocycles. The van der Waals surface area contributed by atoms with E-state index in [9.17, 15) is 18.0 Å². The average Bonchev–Trinajstić information content (AvgIpc) is 2.95. The van der Waals surface area contributed by atoms with Gasteiger partial charge in [0, 0.05) is 13.0 Å². The van der Waals surface area contributed by atoms with E-state index in [4.69, 9.17) is 4.74 Å². The van der Waals surface area contributed by atoms with Crippen molar-refractivity contribution in [2.45, 2.75) is 30.7 Å². The second-order valence-corrected chi connectivity index (χ2v) is 7.23. The van der Waals surface area contributed by atoms with Crippen molar-refractivity contribution in [1.29, 1.82) is 0 Å². The normalized spacial score (nSPS) is 17.7. The van der Waals surface area contributed by atoms with Crippen molar-refractivity contribution in [2.75, 3.05) is 13.7 Å². The number of hydrogen-bond acceptors (Lipinski definition) is 5. The topological polar surface area (TPSA) is 92.8 Å². The van der Waals surface area contributed by atoms with Crippen molar-refractivity contribution in [1.82, 2.24) is 9.62 Å². The number of nitrogens with one attached hydrogen (secondary N) is 1. The third-order valence-corrected chi connectivity index (χ3v) is 5.63. The summed E-state index contributed by atoms with van der Waals surface area (Å²) >= 11 is 0. The Balaban J connectivity index is 2.38. The van der Waals surface area contributed by atoms with E-state index in [2.05, 4.69) is 11.9 Å². The number of nitrogens with zero attached hydrogens (tertiary/aromatic N) is 1. The highest BCUT2D eigenvalue weighted by atomic mass is 32.2. The molecule has 2 rings (SSSR count). The Labute approximate surface area is 141 Å². The highest BCUT2D eigenvalue weighted by molar-refractivity contribution is 7.89. The lowest BCUT2D eigenvalue weighted by atomic mass is 10.2. The fourth-order valence-electron chi connectivity index (χ4n) is 2.62. The summed E-state index contributed by atoms with van der Waals surface area (Å²) in [5.74, 6) is -0.543. The van der Waals surface area contributed by atoms with Crippen LogP contribution in [0.4, 0.5) is 0 Å². The predicted octanol–water partition coefficient (Wildman–Crippen LogP) is 0.986. The van der Waals surface area contributed by atoms with Gasteiger partial charge in [-0.05, 0) is 37.1 Å². The third-order valence-electron chi connectivity index (χ3n) is 3.81. The van der Waals surface area contributed by atoms with Gasteiger partial charge in [0.25, 0.3) is 10.0 Å². The molecule has 24 heavy (non-hydrogen) atoms. The summed E-state index contributed by atoms with van der Waals surface area (Å²) in [6.07, 6.45) is 1.66.